The lowest BCUT2D eigenvalue weighted by molar-refractivity contribution is -0.120. The molecule has 0 heterocycles. The van der Waals surface area contributed by atoms with Crippen LogP contribution in [0.2, 0.25) is 0 Å². The van der Waals surface area contributed by atoms with Crippen LogP contribution in [-0.4, -0.2) is 18.1 Å². The first-order valence-corrected chi connectivity index (χ1v) is 6.00. The van der Waals surface area contributed by atoms with E-state index in [1.54, 1.807) is 13.0 Å². The van der Waals surface area contributed by atoms with E-state index >= 15 is 0 Å². The van der Waals surface area contributed by atoms with Crippen LogP contribution in [0.15, 0.2) is 24.3 Å². The Hall–Kier alpha value is -1.40. The molecule has 0 radical (unpaired) electrons. The summed E-state index contributed by atoms with van der Waals surface area (Å²) in [4.78, 5) is 11.9. The topological polar surface area (TPSA) is 64.4 Å². The van der Waals surface area contributed by atoms with Crippen molar-refractivity contribution in [2.75, 3.05) is 5.32 Å². The molecule has 1 rings (SSSR count). The standard InChI is InChI=1S/C13H18F2N2O2.ClH/c1-3-7-13(2,16)11(18)17-9-5-4-6-10(8-9)19-12(14)15;/h4-6,8,12H,3,7,16H2,1-2H3,(H,17,18);1H. The number of anilines is 1. The summed E-state index contributed by atoms with van der Waals surface area (Å²) in [6, 6.07) is 5.81. The minimum absolute atomic E-state index is 0. The van der Waals surface area contributed by atoms with Gasteiger partial charge in [0.15, 0.2) is 0 Å². The van der Waals surface area contributed by atoms with E-state index in [0.29, 0.717) is 12.1 Å². The van der Waals surface area contributed by atoms with Crippen molar-refractivity contribution in [3.05, 3.63) is 24.3 Å². The highest BCUT2D eigenvalue weighted by Crippen LogP contribution is 2.20. The molecule has 0 saturated heterocycles. The lowest BCUT2D eigenvalue weighted by Gasteiger charge is -2.22. The van der Waals surface area contributed by atoms with Crippen molar-refractivity contribution in [3.63, 3.8) is 0 Å². The highest BCUT2D eigenvalue weighted by atomic mass is 35.5. The summed E-state index contributed by atoms with van der Waals surface area (Å²) >= 11 is 0. The van der Waals surface area contributed by atoms with Gasteiger partial charge in [-0.2, -0.15) is 8.78 Å². The lowest BCUT2D eigenvalue weighted by atomic mass is 9.96. The minimum Gasteiger partial charge on any atom is -0.435 e. The van der Waals surface area contributed by atoms with Gasteiger partial charge in [-0.05, 0) is 25.5 Å². The maximum atomic E-state index is 12.1. The van der Waals surface area contributed by atoms with Gasteiger partial charge in [-0.15, -0.1) is 12.4 Å². The molecule has 1 atom stereocenters. The normalized spacial score (nSPS) is 13.3. The van der Waals surface area contributed by atoms with Crippen LogP contribution in [0.5, 0.6) is 5.75 Å². The molecule has 0 aromatic heterocycles. The van der Waals surface area contributed by atoms with Crippen LogP contribution in [0.25, 0.3) is 0 Å². The first-order valence-electron chi connectivity index (χ1n) is 6.00. The quantitative estimate of drug-likeness (QED) is 0.848. The molecule has 0 aliphatic rings. The van der Waals surface area contributed by atoms with Crippen molar-refractivity contribution in [2.45, 2.75) is 38.8 Å². The van der Waals surface area contributed by atoms with Gasteiger partial charge in [0, 0.05) is 11.8 Å². The van der Waals surface area contributed by atoms with Gasteiger partial charge in [0.25, 0.3) is 0 Å². The second-order valence-corrected chi connectivity index (χ2v) is 4.53. The molecule has 0 aliphatic heterocycles. The van der Waals surface area contributed by atoms with E-state index in [2.05, 4.69) is 10.1 Å². The molecule has 3 N–H and O–H groups in total. The third kappa shape index (κ3) is 5.71. The number of hydrogen-bond acceptors (Lipinski definition) is 3. The summed E-state index contributed by atoms with van der Waals surface area (Å²) in [6.45, 7) is 0.659. The van der Waals surface area contributed by atoms with Crippen molar-refractivity contribution >= 4 is 24.0 Å². The van der Waals surface area contributed by atoms with E-state index in [4.69, 9.17) is 5.73 Å². The zero-order valence-corrected chi connectivity index (χ0v) is 12.2. The van der Waals surface area contributed by atoms with E-state index < -0.39 is 12.2 Å². The lowest BCUT2D eigenvalue weighted by Crippen LogP contribution is -2.48. The van der Waals surface area contributed by atoms with E-state index in [0.717, 1.165) is 6.42 Å². The number of carbonyl (C=O) groups is 1. The molecule has 114 valence electrons. The number of hydrogen-bond donors (Lipinski definition) is 2. The van der Waals surface area contributed by atoms with Crippen molar-refractivity contribution < 1.29 is 18.3 Å². The molecule has 7 heteroatoms. The second kappa shape index (κ2) is 8.01. The Morgan fingerprint density at radius 3 is 2.70 bits per heavy atom. The summed E-state index contributed by atoms with van der Waals surface area (Å²) in [5.74, 6) is -0.370. The average Bonchev–Trinajstić information content (AvgIpc) is 2.28. The van der Waals surface area contributed by atoms with Crippen molar-refractivity contribution in [3.8, 4) is 5.75 Å². The van der Waals surface area contributed by atoms with E-state index in [-0.39, 0.29) is 24.1 Å². The fourth-order valence-corrected chi connectivity index (χ4v) is 1.66. The van der Waals surface area contributed by atoms with E-state index in [1.165, 1.54) is 18.2 Å². The Morgan fingerprint density at radius 1 is 1.50 bits per heavy atom. The SMILES string of the molecule is CCCC(C)(N)C(=O)Nc1cccc(OC(F)F)c1.Cl. The van der Waals surface area contributed by atoms with Gasteiger partial charge in [-0.3, -0.25) is 4.79 Å². The predicted octanol–water partition coefficient (Wildman–Crippen LogP) is 3.17. The number of carbonyl (C=O) groups excluding carboxylic acids is 1. The maximum absolute atomic E-state index is 12.1. The number of alkyl halides is 2. The van der Waals surface area contributed by atoms with Gasteiger partial charge in [0.05, 0.1) is 5.54 Å². The first kappa shape index (κ1) is 18.6. The molecule has 1 aromatic rings. The molecule has 0 bridgehead atoms. The van der Waals surface area contributed by atoms with E-state index in [9.17, 15) is 13.6 Å². The van der Waals surface area contributed by atoms with Gasteiger partial charge in [0.1, 0.15) is 5.75 Å². The smallest absolute Gasteiger partial charge is 0.387 e. The highest BCUT2D eigenvalue weighted by Gasteiger charge is 2.27. The molecule has 1 unspecified atom stereocenters. The summed E-state index contributed by atoms with van der Waals surface area (Å²) in [5.41, 5.74) is 5.25. The van der Waals surface area contributed by atoms with Crippen molar-refractivity contribution in [2.24, 2.45) is 5.73 Å². The average molecular weight is 309 g/mol. The van der Waals surface area contributed by atoms with E-state index in [1.807, 2.05) is 6.92 Å². The fourth-order valence-electron chi connectivity index (χ4n) is 1.66. The summed E-state index contributed by atoms with van der Waals surface area (Å²) in [7, 11) is 0. The van der Waals surface area contributed by atoms with Crippen LogP contribution in [0, 0.1) is 0 Å². The van der Waals surface area contributed by atoms with Crippen LogP contribution in [0.4, 0.5) is 14.5 Å². The summed E-state index contributed by atoms with van der Waals surface area (Å²) in [5, 5.41) is 2.59. The third-order valence-corrected chi connectivity index (χ3v) is 2.61. The Balaban J connectivity index is 0.00000361. The second-order valence-electron chi connectivity index (χ2n) is 4.53. The molecular formula is C13H19ClF2N2O2. The van der Waals surface area contributed by atoms with Crippen LogP contribution in [0.1, 0.15) is 26.7 Å². The number of amides is 1. The number of rotatable bonds is 6. The molecule has 0 aliphatic carbocycles. The van der Waals surface area contributed by atoms with Gasteiger partial charge >= 0.3 is 6.61 Å². The van der Waals surface area contributed by atoms with Crippen LogP contribution < -0.4 is 15.8 Å². The molecule has 1 aromatic carbocycles. The number of nitrogens with two attached hydrogens (primary N) is 1. The largest absolute Gasteiger partial charge is 0.435 e. The summed E-state index contributed by atoms with van der Waals surface area (Å²) in [6.07, 6.45) is 1.31. The first-order chi connectivity index (χ1) is 8.85. The molecule has 1 amide bonds. The number of nitrogens with one attached hydrogen (secondary N) is 1. The molecule has 4 nitrogen and oxygen atoms in total. The van der Waals surface area contributed by atoms with Gasteiger partial charge in [-0.25, -0.2) is 0 Å². The summed E-state index contributed by atoms with van der Waals surface area (Å²) < 4.78 is 28.4. The molecule has 0 spiro atoms. The zero-order valence-electron chi connectivity index (χ0n) is 11.4. The number of halogens is 3. The third-order valence-electron chi connectivity index (χ3n) is 2.61. The minimum atomic E-state index is -2.90. The Labute approximate surface area is 123 Å². The molecule has 20 heavy (non-hydrogen) atoms. The maximum Gasteiger partial charge on any atom is 0.387 e. The Kier molecular flexibility index (Phi) is 7.45. The molecule has 0 saturated carbocycles. The number of ether oxygens (including phenoxy) is 1. The van der Waals surface area contributed by atoms with Crippen molar-refractivity contribution in [1.29, 1.82) is 0 Å². The van der Waals surface area contributed by atoms with Gasteiger partial charge in [0.2, 0.25) is 5.91 Å². The van der Waals surface area contributed by atoms with Crippen LogP contribution >= 0.6 is 12.4 Å². The highest BCUT2D eigenvalue weighted by molar-refractivity contribution is 5.97. The van der Waals surface area contributed by atoms with Gasteiger partial charge < -0.3 is 15.8 Å². The fraction of sp³-hybridized carbons (Fsp3) is 0.462. The van der Waals surface area contributed by atoms with Gasteiger partial charge in [-0.1, -0.05) is 19.4 Å². The zero-order chi connectivity index (χ0) is 14.5. The monoisotopic (exact) mass is 308 g/mol. The molecular weight excluding hydrogens is 290 g/mol. The van der Waals surface area contributed by atoms with Crippen molar-refractivity contribution in [1.82, 2.24) is 0 Å². The Morgan fingerprint density at radius 2 is 2.15 bits per heavy atom. The van der Waals surface area contributed by atoms with Crippen LogP contribution in [0.3, 0.4) is 0 Å². The van der Waals surface area contributed by atoms with Crippen LogP contribution in [-0.2, 0) is 4.79 Å². The predicted molar refractivity (Wildman–Crippen MR) is 76.5 cm³/mol. The Bertz CT molecular complexity index is 442. The number of benzene rings is 1. The molecule has 0 fully saturated rings.